The molecule has 0 amide bonds. The molecule has 0 nitrogen and oxygen atoms in total. The summed E-state index contributed by atoms with van der Waals surface area (Å²) < 4.78 is 0. The molecule has 7 rings (SSSR count). The van der Waals surface area contributed by atoms with E-state index in [0.717, 1.165) is 0 Å². The summed E-state index contributed by atoms with van der Waals surface area (Å²) in [5.74, 6) is 0. The van der Waals surface area contributed by atoms with Gasteiger partial charge in [-0.3, -0.25) is 0 Å². The zero-order valence-corrected chi connectivity index (χ0v) is 16.4. The molecule has 0 aliphatic heterocycles. The Hall–Kier alpha value is -3.90. The summed E-state index contributed by atoms with van der Waals surface area (Å²) in [5, 5.41) is 15.7. The van der Waals surface area contributed by atoms with Gasteiger partial charge in [0.2, 0.25) is 0 Å². The van der Waals surface area contributed by atoms with E-state index in [1.54, 1.807) is 0 Å². The molecule has 0 saturated carbocycles. The minimum Gasteiger partial charge on any atom is -0.0616 e. The lowest BCUT2D eigenvalue weighted by molar-refractivity contribution is 1.78. The van der Waals surface area contributed by atoms with Gasteiger partial charge in [0.25, 0.3) is 0 Å². The van der Waals surface area contributed by atoms with Gasteiger partial charge in [0.1, 0.15) is 0 Å². The molecule has 0 fully saturated rings. The van der Waals surface area contributed by atoms with Crippen LogP contribution in [0.5, 0.6) is 0 Å². The summed E-state index contributed by atoms with van der Waals surface area (Å²) in [7, 11) is 0. The largest absolute Gasteiger partial charge is 0.0616 e. The normalized spacial score (nSPS) is 12.0. The van der Waals surface area contributed by atoms with Gasteiger partial charge in [-0.05, 0) is 101 Å². The van der Waals surface area contributed by atoms with Crippen LogP contribution in [-0.2, 0) is 0 Å². The Balaban J connectivity index is 1.82. The molecule has 30 heavy (non-hydrogen) atoms. The first-order chi connectivity index (χ1) is 14.8. The maximum Gasteiger partial charge on any atom is -0.00923 e. The fourth-order valence-electron chi connectivity index (χ4n) is 5.06. The lowest BCUT2D eigenvalue weighted by Gasteiger charge is -2.14. The van der Waals surface area contributed by atoms with Crippen LogP contribution in [0, 0.1) is 0 Å². The van der Waals surface area contributed by atoms with Crippen molar-refractivity contribution < 1.29 is 0 Å². The van der Waals surface area contributed by atoms with Crippen molar-refractivity contribution in [1.82, 2.24) is 0 Å². The van der Waals surface area contributed by atoms with Crippen molar-refractivity contribution in [3.63, 3.8) is 0 Å². The van der Waals surface area contributed by atoms with Crippen molar-refractivity contribution in [1.29, 1.82) is 0 Å². The smallest absolute Gasteiger partial charge is 0.00923 e. The average Bonchev–Trinajstić information content (AvgIpc) is 2.81. The number of fused-ring (bicyclic) bond motifs is 9. The molecule has 0 unspecified atom stereocenters. The maximum absolute atomic E-state index is 2.37. The number of hydrogen-bond donors (Lipinski definition) is 0. The molecule has 7 aromatic rings. The lowest BCUT2D eigenvalue weighted by Crippen LogP contribution is -1.86. The molecule has 0 aliphatic carbocycles. The summed E-state index contributed by atoms with van der Waals surface area (Å²) in [6.07, 6.45) is 0. The Morgan fingerprint density at radius 1 is 0.233 bits per heavy atom. The van der Waals surface area contributed by atoms with Gasteiger partial charge in [0, 0.05) is 0 Å². The van der Waals surface area contributed by atoms with Gasteiger partial charge in [0.15, 0.2) is 0 Å². The van der Waals surface area contributed by atoms with E-state index >= 15 is 0 Å². The van der Waals surface area contributed by atoms with Crippen molar-refractivity contribution in [2.45, 2.75) is 0 Å². The van der Waals surface area contributed by atoms with Crippen LogP contribution in [0.4, 0.5) is 0 Å². The molecule has 138 valence electrons. The third-order valence-electron chi connectivity index (χ3n) is 6.53. The molecule has 0 heterocycles. The number of benzene rings is 7. The van der Waals surface area contributed by atoms with Gasteiger partial charge in [-0.15, -0.1) is 0 Å². The van der Waals surface area contributed by atoms with Crippen molar-refractivity contribution in [2.75, 3.05) is 0 Å². The fraction of sp³-hybridized carbons (Fsp3) is 0. The highest BCUT2D eigenvalue weighted by molar-refractivity contribution is 6.30. The van der Waals surface area contributed by atoms with Gasteiger partial charge in [0.05, 0.1) is 0 Å². The van der Waals surface area contributed by atoms with E-state index in [0.29, 0.717) is 0 Å². The van der Waals surface area contributed by atoms with Crippen LogP contribution in [0.25, 0.3) is 64.6 Å². The molecular weight excluding hydrogens is 360 g/mol. The molecule has 0 N–H and O–H groups in total. The first-order valence-electron chi connectivity index (χ1n) is 10.4. The topological polar surface area (TPSA) is 0 Å². The molecule has 0 radical (unpaired) electrons. The monoisotopic (exact) mass is 378 g/mol. The van der Waals surface area contributed by atoms with Crippen LogP contribution in [-0.4, -0.2) is 0 Å². The fourth-order valence-corrected chi connectivity index (χ4v) is 5.06. The molecule has 0 heteroatoms. The Morgan fingerprint density at radius 3 is 0.567 bits per heavy atom. The third kappa shape index (κ3) is 2.16. The molecule has 0 aromatic heterocycles. The second-order valence-corrected chi connectivity index (χ2v) is 8.23. The van der Waals surface area contributed by atoms with Gasteiger partial charge >= 0.3 is 0 Å². The summed E-state index contributed by atoms with van der Waals surface area (Å²) >= 11 is 0. The van der Waals surface area contributed by atoms with Gasteiger partial charge in [-0.1, -0.05) is 72.8 Å². The Bertz CT molecular complexity index is 1410. The average molecular weight is 378 g/mol. The van der Waals surface area contributed by atoms with E-state index in [4.69, 9.17) is 0 Å². The standard InChI is InChI=1S/C30H18/c1-2-8-20-14-26-25(13-19(20)7-1)27-15-21-9-3-4-11-23(21)17-29(27)30-18-24-12-6-5-10-22(24)16-28(26)30/h1-18H. The van der Waals surface area contributed by atoms with Gasteiger partial charge in [-0.2, -0.15) is 0 Å². The van der Waals surface area contributed by atoms with E-state index in [1.165, 1.54) is 64.6 Å². The Labute approximate surface area is 174 Å². The number of rotatable bonds is 0. The van der Waals surface area contributed by atoms with Crippen molar-refractivity contribution in [3.05, 3.63) is 109 Å². The van der Waals surface area contributed by atoms with Crippen LogP contribution >= 0.6 is 0 Å². The lowest BCUT2D eigenvalue weighted by atomic mass is 9.89. The molecule has 0 saturated heterocycles. The second kappa shape index (κ2) is 5.81. The highest BCUT2D eigenvalue weighted by Crippen LogP contribution is 2.40. The molecular formula is C30H18. The van der Waals surface area contributed by atoms with E-state index in [-0.39, 0.29) is 0 Å². The summed E-state index contributed by atoms with van der Waals surface area (Å²) in [5.41, 5.74) is 0. The van der Waals surface area contributed by atoms with Crippen LogP contribution in [0.3, 0.4) is 0 Å². The van der Waals surface area contributed by atoms with Gasteiger partial charge < -0.3 is 0 Å². The van der Waals surface area contributed by atoms with Crippen LogP contribution in [0.15, 0.2) is 109 Å². The van der Waals surface area contributed by atoms with E-state index in [1.807, 2.05) is 0 Å². The minimum absolute atomic E-state index is 1.29. The highest BCUT2D eigenvalue weighted by atomic mass is 14.2. The Kier molecular flexibility index (Phi) is 3.09. The first-order valence-corrected chi connectivity index (χ1v) is 10.4. The molecule has 0 atom stereocenters. The number of hydrogen-bond acceptors (Lipinski definition) is 0. The van der Waals surface area contributed by atoms with Gasteiger partial charge in [-0.25, -0.2) is 0 Å². The van der Waals surface area contributed by atoms with Crippen molar-refractivity contribution in [3.8, 4) is 0 Å². The molecule has 0 aliphatic rings. The Morgan fingerprint density at radius 2 is 0.400 bits per heavy atom. The van der Waals surface area contributed by atoms with E-state index in [9.17, 15) is 0 Å². The third-order valence-corrected chi connectivity index (χ3v) is 6.53. The summed E-state index contributed by atoms with van der Waals surface area (Å²) in [6, 6.07) is 40.3. The summed E-state index contributed by atoms with van der Waals surface area (Å²) in [4.78, 5) is 0. The van der Waals surface area contributed by atoms with E-state index in [2.05, 4.69) is 109 Å². The predicted molar refractivity (Wildman–Crippen MR) is 131 cm³/mol. The quantitative estimate of drug-likeness (QED) is 0.183. The predicted octanol–water partition coefficient (Wildman–Crippen LogP) is 8.61. The SMILES string of the molecule is c1ccc2cc3c(cc2c1)c1cc2ccccc2cc1c1cc2ccccc2cc31. The molecule has 7 aromatic carbocycles. The van der Waals surface area contributed by atoms with Crippen LogP contribution in [0.2, 0.25) is 0 Å². The highest BCUT2D eigenvalue weighted by Gasteiger charge is 2.12. The van der Waals surface area contributed by atoms with E-state index < -0.39 is 0 Å². The van der Waals surface area contributed by atoms with Crippen molar-refractivity contribution in [2.24, 2.45) is 0 Å². The van der Waals surface area contributed by atoms with Crippen LogP contribution < -0.4 is 0 Å². The second-order valence-electron chi connectivity index (χ2n) is 8.23. The maximum atomic E-state index is 2.37. The molecule has 0 bridgehead atoms. The van der Waals surface area contributed by atoms with Crippen LogP contribution in [0.1, 0.15) is 0 Å². The first kappa shape index (κ1) is 16.0. The zero-order valence-electron chi connectivity index (χ0n) is 16.4. The summed E-state index contributed by atoms with van der Waals surface area (Å²) in [6.45, 7) is 0. The molecule has 0 spiro atoms. The zero-order chi connectivity index (χ0) is 19.7. The minimum atomic E-state index is 1.29. The van der Waals surface area contributed by atoms with Crippen molar-refractivity contribution >= 4 is 64.6 Å².